The van der Waals surface area contributed by atoms with Crippen LogP contribution < -0.4 is 0 Å². The van der Waals surface area contributed by atoms with Crippen molar-refractivity contribution in [3.8, 4) is 0 Å². The molecular weight excluding hydrogens is 152 g/mol. The van der Waals surface area contributed by atoms with Gasteiger partial charge in [-0.15, -0.1) is 0 Å². The summed E-state index contributed by atoms with van der Waals surface area (Å²) in [5.74, 6) is 0.193. The van der Waals surface area contributed by atoms with E-state index < -0.39 is 0 Å². The van der Waals surface area contributed by atoms with E-state index in [2.05, 4.69) is 0 Å². The molecule has 0 aromatic rings. The van der Waals surface area contributed by atoms with Crippen LogP contribution >= 0.6 is 11.6 Å². The van der Waals surface area contributed by atoms with Gasteiger partial charge in [-0.05, 0) is 18.0 Å². The molecular formula is C7H11ClO2. The summed E-state index contributed by atoms with van der Waals surface area (Å²) < 4.78 is 0. The Morgan fingerprint density at radius 3 is 2.30 bits per heavy atom. The van der Waals surface area contributed by atoms with Gasteiger partial charge in [0.15, 0.2) is 0 Å². The Morgan fingerprint density at radius 1 is 1.30 bits per heavy atom. The second kappa shape index (κ2) is 5.42. The molecule has 10 heavy (non-hydrogen) atoms. The SMILES string of the molecule is CCC(=O)CCCC(=O)Cl. The molecule has 0 bridgehead atoms. The number of ketones is 1. The summed E-state index contributed by atoms with van der Waals surface area (Å²) in [6, 6.07) is 0. The lowest BCUT2D eigenvalue weighted by Gasteiger charge is -1.92. The first kappa shape index (κ1) is 9.63. The Kier molecular flexibility index (Phi) is 5.22. The summed E-state index contributed by atoms with van der Waals surface area (Å²) in [7, 11) is 0. The fraction of sp³-hybridized carbons (Fsp3) is 0.714. The summed E-state index contributed by atoms with van der Waals surface area (Å²) in [5.41, 5.74) is 0. The fourth-order valence-electron chi connectivity index (χ4n) is 0.601. The first-order valence-corrected chi connectivity index (χ1v) is 3.74. The van der Waals surface area contributed by atoms with Gasteiger partial charge in [0.25, 0.3) is 0 Å². The largest absolute Gasteiger partial charge is 0.300 e. The predicted octanol–water partition coefficient (Wildman–Crippen LogP) is 1.90. The molecule has 0 aliphatic rings. The average Bonchev–Trinajstić information content (AvgIpc) is 1.87. The number of hydrogen-bond acceptors (Lipinski definition) is 2. The van der Waals surface area contributed by atoms with Crippen molar-refractivity contribution in [3.05, 3.63) is 0 Å². The van der Waals surface area contributed by atoms with Crippen LogP contribution in [0.3, 0.4) is 0 Å². The maximum Gasteiger partial charge on any atom is 0.221 e. The highest BCUT2D eigenvalue weighted by atomic mass is 35.5. The lowest BCUT2D eigenvalue weighted by atomic mass is 10.1. The van der Waals surface area contributed by atoms with Crippen molar-refractivity contribution in [2.45, 2.75) is 32.6 Å². The fourth-order valence-corrected chi connectivity index (χ4v) is 0.735. The molecule has 0 aromatic carbocycles. The molecule has 0 amide bonds. The Bertz CT molecular complexity index is 132. The molecule has 0 fully saturated rings. The summed E-state index contributed by atoms with van der Waals surface area (Å²) in [6.07, 6.45) is 1.94. The van der Waals surface area contributed by atoms with Gasteiger partial charge in [-0.3, -0.25) is 9.59 Å². The van der Waals surface area contributed by atoms with Crippen LogP contribution in [0.2, 0.25) is 0 Å². The third kappa shape index (κ3) is 5.76. The second-order valence-corrected chi connectivity index (χ2v) is 2.52. The Hall–Kier alpha value is -0.370. The molecule has 0 rings (SSSR count). The number of halogens is 1. The summed E-state index contributed by atoms with van der Waals surface area (Å²) in [5, 5.41) is -0.357. The zero-order valence-corrected chi connectivity index (χ0v) is 6.78. The molecule has 3 heteroatoms. The first-order chi connectivity index (χ1) is 4.66. The Balaban J connectivity index is 3.20. The minimum absolute atomic E-state index is 0.193. The van der Waals surface area contributed by atoms with Crippen LogP contribution in [0.25, 0.3) is 0 Å². The predicted molar refractivity (Wildman–Crippen MR) is 40.0 cm³/mol. The van der Waals surface area contributed by atoms with Gasteiger partial charge in [0.05, 0.1) is 0 Å². The molecule has 2 nitrogen and oxygen atoms in total. The molecule has 0 aliphatic heterocycles. The second-order valence-electron chi connectivity index (χ2n) is 2.10. The molecule has 0 atom stereocenters. The number of Topliss-reactive ketones (excluding diaryl/α,β-unsaturated/α-hetero) is 1. The van der Waals surface area contributed by atoms with Crippen LogP contribution in [0, 0.1) is 0 Å². The Morgan fingerprint density at radius 2 is 1.90 bits per heavy atom. The lowest BCUT2D eigenvalue weighted by Crippen LogP contribution is -1.96. The van der Waals surface area contributed by atoms with Crippen LogP contribution in [0.4, 0.5) is 0 Å². The third-order valence-corrected chi connectivity index (χ3v) is 1.41. The monoisotopic (exact) mass is 162 g/mol. The van der Waals surface area contributed by atoms with E-state index in [1.807, 2.05) is 6.92 Å². The van der Waals surface area contributed by atoms with Crippen molar-refractivity contribution in [2.24, 2.45) is 0 Å². The van der Waals surface area contributed by atoms with Crippen LogP contribution in [0.15, 0.2) is 0 Å². The smallest absolute Gasteiger partial charge is 0.221 e. The van der Waals surface area contributed by atoms with Gasteiger partial charge in [-0.2, -0.15) is 0 Å². The van der Waals surface area contributed by atoms with Crippen molar-refractivity contribution >= 4 is 22.6 Å². The molecule has 0 unspecified atom stereocenters. The van der Waals surface area contributed by atoms with Gasteiger partial charge >= 0.3 is 0 Å². The summed E-state index contributed by atoms with van der Waals surface area (Å²) >= 11 is 5.05. The highest BCUT2D eigenvalue weighted by Crippen LogP contribution is 2.01. The zero-order valence-electron chi connectivity index (χ0n) is 6.02. The third-order valence-electron chi connectivity index (χ3n) is 1.22. The molecule has 58 valence electrons. The molecule has 0 saturated heterocycles. The topological polar surface area (TPSA) is 34.1 Å². The van der Waals surface area contributed by atoms with Crippen LogP contribution in [0.1, 0.15) is 32.6 Å². The van der Waals surface area contributed by atoms with Crippen molar-refractivity contribution in [1.82, 2.24) is 0 Å². The van der Waals surface area contributed by atoms with Crippen molar-refractivity contribution in [2.75, 3.05) is 0 Å². The lowest BCUT2D eigenvalue weighted by molar-refractivity contribution is -0.119. The van der Waals surface area contributed by atoms with Gasteiger partial charge in [0.2, 0.25) is 5.24 Å². The van der Waals surface area contributed by atoms with Gasteiger partial charge in [0, 0.05) is 19.3 Å². The normalized spacial score (nSPS) is 9.40. The molecule has 0 aliphatic carbocycles. The minimum atomic E-state index is -0.357. The maximum absolute atomic E-state index is 10.6. The van der Waals surface area contributed by atoms with Crippen LogP contribution in [0.5, 0.6) is 0 Å². The van der Waals surface area contributed by atoms with Crippen molar-refractivity contribution in [1.29, 1.82) is 0 Å². The van der Waals surface area contributed by atoms with Crippen LogP contribution in [-0.4, -0.2) is 11.0 Å². The highest BCUT2D eigenvalue weighted by molar-refractivity contribution is 6.63. The van der Waals surface area contributed by atoms with Crippen LogP contribution in [-0.2, 0) is 9.59 Å². The van der Waals surface area contributed by atoms with E-state index in [1.54, 1.807) is 0 Å². The number of rotatable bonds is 5. The minimum Gasteiger partial charge on any atom is -0.300 e. The van der Waals surface area contributed by atoms with E-state index in [-0.39, 0.29) is 11.0 Å². The van der Waals surface area contributed by atoms with E-state index >= 15 is 0 Å². The van der Waals surface area contributed by atoms with E-state index in [0.29, 0.717) is 25.7 Å². The van der Waals surface area contributed by atoms with E-state index in [4.69, 9.17) is 11.6 Å². The molecule has 0 spiro atoms. The molecule has 0 aromatic heterocycles. The van der Waals surface area contributed by atoms with Gasteiger partial charge in [-0.25, -0.2) is 0 Å². The van der Waals surface area contributed by atoms with E-state index in [1.165, 1.54) is 0 Å². The molecule has 0 N–H and O–H groups in total. The molecule has 0 heterocycles. The van der Waals surface area contributed by atoms with Gasteiger partial charge in [0.1, 0.15) is 5.78 Å². The standard InChI is InChI=1S/C7H11ClO2/c1-2-6(9)4-3-5-7(8)10/h2-5H2,1H3. The average molecular weight is 163 g/mol. The van der Waals surface area contributed by atoms with E-state index in [0.717, 1.165) is 0 Å². The maximum atomic E-state index is 10.6. The molecule has 0 radical (unpaired) electrons. The number of hydrogen-bond donors (Lipinski definition) is 0. The summed E-state index contributed by atoms with van der Waals surface area (Å²) in [6.45, 7) is 1.81. The quantitative estimate of drug-likeness (QED) is 0.579. The van der Waals surface area contributed by atoms with Crippen molar-refractivity contribution in [3.63, 3.8) is 0 Å². The highest BCUT2D eigenvalue weighted by Gasteiger charge is 2.00. The van der Waals surface area contributed by atoms with Gasteiger partial charge < -0.3 is 0 Å². The van der Waals surface area contributed by atoms with Gasteiger partial charge in [-0.1, -0.05) is 6.92 Å². The first-order valence-electron chi connectivity index (χ1n) is 3.36. The van der Waals surface area contributed by atoms with E-state index in [9.17, 15) is 9.59 Å². The number of carbonyl (C=O) groups excluding carboxylic acids is 2. The molecule has 0 saturated carbocycles. The summed E-state index contributed by atoms with van der Waals surface area (Å²) in [4.78, 5) is 20.8. The Labute approximate surface area is 65.6 Å². The van der Waals surface area contributed by atoms with Crippen molar-refractivity contribution < 1.29 is 9.59 Å². The zero-order chi connectivity index (χ0) is 7.98. The number of carbonyl (C=O) groups is 2.